The molecule has 0 spiro atoms. The van der Waals surface area contributed by atoms with Crippen LogP contribution in [0.4, 0.5) is 5.69 Å². The summed E-state index contributed by atoms with van der Waals surface area (Å²) in [5, 5.41) is 26.5. The van der Waals surface area contributed by atoms with Gasteiger partial charge >= 0.3 is 0 Å². The number of ether oxygens (including phenoxy) is 1. The van der Waals surface area contributed by atoms with Gasteiger partial charge in [-0.15, -0.1) is 0 Å². The van der Waals surface area contributed by atoms with Crippen molar-refractivity contribution >= 4 is 22.4 Å². The second-order valence-corrected chi connectivity index (χ2v) is 7.20. The molecule has 0 aliphatic carbocycles. The molecule has 1 amide bonds. The van der Waals surface area contributed by atoms with Gasteiger partial charge in [0.15, 0.2) is 0 Å². The number of rotatable bonds is 6. The normalized spacial score (nSPS) is 11.7. The van der Waals surface area contributed by atoms with Crippen molar-refractivity contribution < 1.29 is 19.6 Å². The summed E-state index contributed by atoms with van der Waals surface area (Å²) in [6, 6.07) is 22.7. The molecule has 4 aromatic rings. The van der Waals surface area contributed by atoms with Crippen LogP contribution in [0, 0.1) is 10.1 Å². The number of nitrogens with zero attached hydrogens (tertiary/aromatic N) is 1. The SMILES string of the molecule is COc1ccc(C(=O)N[C@@H](c2ccc([N+](=O)[O-])cc2)c2c(O)ccc3ccccc23)cc1. The number of nitro groups is 1. The number of non-ortho nitro benzene ring substituents is 1. The molecular formula is C25H20N2O5. The molecule has 32 heavy (non-hydrogen) atoms. The van der Waals surface area contributed by atoms with E-state index in [4.69, 9.17) is 4.74 Å². The Bertz CT molecular complexity index is 1280. The van der Waals surface area contributed by atoms with Crippen LogP contribution in [0.3, 0.4) is 0 Å². The number of aromatic hydroxyl groups is 1. The Kier molecular flexibility index (Phi) is 5.72. The van der Waals surface area contributed by atoms with E-state index in [1.807, 2.05) is 24.3 Å². The van der Waals surface area contributed by atoms with Crippen LogP contribution in [-0.2, 0) is 0 Å². The van der Waals surface area contributed by atoms with Crippen LogP contribution in [0.25, 0.3) is 10.8 Å². The third-order valence-electron chi connectivity index (χ3n) is 5.30. The first-order valence-corrected chi connectivity index (χ1v) is 9.88. The van der Waals surface area contributed by atoms with Crippen LogP contribution in [0.2, 0.25) is 0 Å². The Morgan fingerprint density at radius 1 is 0.969 bits per heavy atom. The van der Waals surface area contributed by atoms with E-state index in [2.05, 4.69) is 5.32 Å². The van der Waals surface area contributed by atoms with Crippen molar-refractivity contribution in [1.82, 2.24) is 5.32 Å². The third-order valence-corrected chi connectivity index (χ3v) is 5.30. The highest BCUT2D eigenvalue weighted by atomic mass is 16.6. The van der Waals surface area contributed by atoms with Crippen LogP contribution in [0.15, 0.2) is 84.9 Å². The van der Waals surface area contributed by atoms with Gasteiger partial charge in [-0.1, -0.05) is 30.3 Å². The molecule has 0 saturated heterocycles. The number of phenols is 1. The van der Waals surface area contributed by atoms with Crippen LogP contribution in [0.1, 0.15) is 27.5 Å². The average Bonchev–Trinajstić information content (AvgIpc) is 2.83. The van der Waals surface area contributed by atoms with Gasteiger partial charge in [-0.25, -0.2) is 0 Å². The first kappa shape index (κ1) is 20.9. The summed E-state index contributed by atoms with van der Waals surface area (Å²) < 4.78 is 5.14. The van der Waals surface area contributed by atoms with E-state index in [0.29, 0.717) is 22.4 Å². The van der Waals surface area contributed by atoms with Crippen molar-refractivity contribution in [1.29, 1.82) is 0 Å². The summed E-state index contributed by atoms with van der Waals surface area (Å²) in [6.07, 6.45) is 0. The van der Waals surface area contributed by atoms with Crippen LogP contribution < -0.4 is 10.1 Å². The number of benzene rings is 4. The zero-order valence-corrected chi connectivity index (χ0v) is 17.2. The van der Waals surface area contributed by atoms with E-state index in [1.54, 1.807) is 55.6 Å². The molecule has 0 aliphatic rings. The van der Waals surface area contributed by atoms with E-state index in [-0.39, 0.29) is 17.3 Å². The fourth-order valence-corrected chi connectivity index (χ4v) is 3.65. The number of fused-ring (bicyclic) bond motifs is 1. The summed E-state index contributed by atoms with van der Waals surface area (Å²) in [6.45, 7) is 0. The Balaban J connectivity index is 1.81. The number of carbonyl (C=O) groups is 1. The molecule has 1 atom stereocenters. The molecular weight excluding hydrogens is 408 g/mol. The maximum atomic E-state index is 13.1. The van der Waals surface area contributed by atoms with Crippen molar-refractivity contribution in [2.45, 2.75) is 6.04 Å². The lowest BCUT2D eigenvalue weighted by atomic mass is 9.92. The number of hydrogen-bond donors (Lipinski definition) is 2. The molecule has 0 fully saturated rings. The molecule has 0 radical (unpaired) electrons. The van der Waals surface area contributed by atoms with E-state index >= 15 is 0 Å². The van der Waals surface area contributed by atoms with E-state index in [1.165, 1.54) is 12.1 Å². The molecule has 0 aliphatic heterocycles. The Morgan fingerprint density at radius 2 is 1.66 bits per heavy atom. The number of carbonyl (C=O) groups excluding carboxylic acids is 1. The second kappa shape index (κ2) is 8.77. The second-order valence-electron chi connectivity index (χ2n) is 7.20. The van der Waals surface area contributed by atoms with Gasteiger partial charge in [0.1, 0.15) is 11.5 Å². The van der Waals surface area contributed by atoms with Gasteiger partial charge < -0.3 is 15.2 Å². The highest BCUT2D eigenvalue weighted by Crippen LogP contribution is 2.36. The average molecular weight is 428 g/mol. The van der Waals surface area contributed by atoms with Crippen molar-refractivity contribution in [3.63, 3.8) is 0 Å². The molecule has 160 valence electrons. The predicted octanol–water partition coefficient (Wildman–Crippen LogP) is 4.98. The molecule has 2 N–H and O–H groups in total. The molecule has 0 saturated carbocycles. The van der Waals surface area contributed by atoms with Gasteiger partial charge in [-0.2, -0.15) is 0 Å². The van der Waals surface area contributed by atoms with E-state index < -0.39 is 11.0 Å². The summed E-state index contributed by atoms with van der Waals surface area (Å²) in [5.74, 6) is 0.283. The fraction of sp³-hybridized carbons (Fsp3) is 0.0800. The lowest BCUT2D eigenvalue weighted by molar-refractivity contribution is -0.384. The Hall–Kier alpha value is -4.39. The zero-order valence-electron chi connectivity index (χ0n) is 17.2. The number of hydrogen-bond acceptors (Lipinski definition) is 5. The predicted molar refractivity (Wildman–Crippen MR) is 121 cm³/mol. The number of amides is 1. The molecule has 7 nitrogen and oxygen atoms in total. The molecule has 4 aromatic carbocycles. The van der Waals surface area contributed by atoms with Crippen LogP contribution in [0.5, 0.6) is 11.5 Å². The Labute approximate surface area is 184 Å². The highest BCUT2D eigenvalue weighted by Gasteiger charge is 2.24. The molecule has 0 aromatic heterocycles. The summed E-state index contributed by atoms with van der Waals surface area (Å²) in [7, 11) is 1.54. The van der Waals surface area contributed by atoms with Gasteiger partial charge in [-0.05, 0) is 58.8 Å². The van der Waals surface area contributed by atoms with Gasteiger partial charge in [0.25, 0.3) is 11.6 Å². The lowest BCUT2D eigenvalue weighted by Gasteiger charge is -2.23. The first-order chi connectivity index (χ1) is 15.5. The lowest BCUT2D eigenvalue weighted by Crippen LogP contribution is -2.29. The fourth-order valence-electron chi connectivity index (χ4n) is 3.65. The molecule has 0 bridgehead atoms. The van der Waals surface area contributed by atoms with E-state index in [0.717, 1.165) is 10.8 Å². The van der Waals surface area contributed by atoms with Crippen molar-refractivity contribution in [2.24, 2.45) is 0 Å². The van der Waals surface area contributed by atoms with Gasteiger partial charge in [0.05, 0.1) is 18.1 Å². The smallest absolute Gasteiger partial charge is 0.269 e. The van der Waals surface area contributed by atoms with Crippen LogP contribution >= 0.6 is 0 Å². The van der Waals surface area contributed by atoms with Gasteiger partial charge in [0.2, 0.25) is 0 Å². The Morgan fingerprint density at radius 3 is 2.31 bits per heavy atom. The summed E-state index contributed by atoms with van der Waals surface area (Å²) in [5.41, 5.74) is 1.47. The first-order valence-electron chi connectivity index (χ1n) is 9.88. The van der Waals surface area contributed by atoms with E-state index in [9.17, 15) is 20.0 Å². The van der Waals surface area contributed by atoms with Gasteiger partial charge in [0, 0.05) is 23.3 Å². The molecule has 0 heterocycles. The number of phenolic OH excluding ortho intramolecular Hbond substituents is 1. The van der Waals surface area contributed by atoms with Gasteiger partial charge in [-0.3, -0.25) is 14.9 Å². The maximum Gasteiger partial charge on any atom is 0.269 e. The standard InChI is InChI=1S/C25H20N2O5/c1-32-20-13-8-18(9-14-20)25(29)26-24(17-6-11-19(12-7-17)27(30)31)23-21-5-3-2-4-16(21)10-15-22(23)28/h2-15,24,28H,1H3,(H,26,29)/t24-/m0/s1. The zero-order chi connectivity index (χ0) is 22.7. The van der Waals surface area contributed by atoms with Crippen molar-refractivity contribution in [3.05, 3.63) is 112 Å². The largest absolute Gasteiger partial charge is 0.508 e. The maximum absolute atomic E-state index is 13.1. The minimum atomic E-state index is -0.739. The van der Waals surface area contributed by atoms with Crippen molar-refractivity contribution in [3.8, 4) is 11.5 Å². The summed E-state index contributed by atoms with van der Waals surface area (Å²) in [4.78, 5) is 23.7. The number of methoxy groups -OCH3 is 1. The topological polar surface area (TPSA) is 102 Å². The minimum Gasteiger partial charge on any atom is -0.508 e. The monoisotopic (exact) mass is 428 g/mol. The molecule has 4 rings (SSSR count). The number of nitrogens with one attached hydrogen (secondary N) is 1. The van der Waals surface area contributed by atoms with Crippen LogP contribution in [-0.4, -0.2) is 23.0 Å². The van der Waals surface area contributed by atoms with Crippen molar-refractivity contribution in [2.75, 3.05) is 7.11 Å². The highest BCUT2D eigenvalue weighted by molar-refractivity contribution is 5.96. The third kappa shape index (κ3) is 4.09. The molecule has 7 heteroatoms. The molecule has 0 unspecified atom stereocenters. The summed E-state index contributed by atoms with van der Waals surface area (Å²) >= 11 is 0. The minimum absolute atomic E-state index is 0.0158. The quantitative estimate of drug-likeness (QED) is 0.333. The number of nitro benzene ring substituents is 1.